The zero-order chi connectivity index (χ0) is 20.8. The van der Waals surface area contributed by atoms with Crippen LogP contribution in [0.3, 0.4) is 0 Å². The van der Waals surface area contributed by atoms with Crippen molar-refractivity contribution in [2.45, 2.75) is 19.9 Å². The molecule has 0 N–H and O–H groups in total. The summed E-state index contributed by atoms with van der Waals surface area (Å²) in [4.78, 5) is 52.5. The molecule has 0 aromatic heterocycles. The van der Waals surface area contributed by atoms with Crippen molar-refractivity contribution in [1.29, 1.82) is 0 Å². The van der Waals surface area contributed by atoms with E-state index in [2.05, 4.69) is 0 Å². The second-order valence-electron chi connectivity index (χ2n) is 6.76. The van der Waals surface area contributed by atoms with Gasteiger partial charge in [0.2, 0.25) is 5.91 Å². The van der Waals surface area contributed by atoms with Gasteiger partial charge < -0.3 is 4.90 Å². The van der Waals surface area contributed by atoms with Crippen LogP contribution in [0.2, 0.25) is 0 Å². The molecular weight excluding hydrogens is 370 g/mol. The smallest absolute Gasteiger partial charge is 0.334 e. The third-order valence-corrected chi connectivity index (χ3v) is 4.83. The van der Waals surface area contributed by atoms with Crippen molar-refractivity contribution in [3.8, 4) is 0 Å². The van der Waals surface area contributed by atoms with Crippen molar-refractivity contribution < 1.29 is 19.2 Å². The largest absolute Gasteiger partial charge is 0.336 e. The number of rotatable bonds is 8. The van der Waals surface area contributed by atoms with E-state index in [4.69, 9.17) is 0 Å². The number of hydrogen-bond donors (Lipinski definition) is 0. The topological polar surface area (TPSA) is 78.0 Å². The summed E-state index contributed by atoms with van der Waals surface area (Å²) in [6.45, 7) is 2.04. The van der Waals surface area contributed by atoms with Crippen LogP contribution in [-0.2, 0) is 27.3 Å². The van der Waals surface area contributed by atoms with Gasteiger partial charge in [-0.2, -0.15) is 0 Å². The number of nitrogens with zero attached hydrogens (tertiary/aromatic N) is 3. The lowest BCUT2D eigenvalue weighted by Gasteiger charge is -2.25. The molecule has 1 aliphatic heterocycles. The van der Waals surface area contributed by atoms with E-state index in [1.165, 1.54) is 0 Å². The molecule has 3 rings (SSSR count). The van der Waals surface area contributed by atoms with E-state index >= 15 is 0 Å². The monoisotopic (exact) mass is 393 g/mol. The molecule has 2 aromatic carbocycles. The third-order valence-electron chi connectivity index (χ3n) is 4.83. The summed E-state index contributed by atoms with van der Waals surface area (Å²) in [5.74, 6) is -2.21. The lowest BCUT2D eigenvalue weighted by Crippen LogP contribution is -2.44. The summed E-state index contributed by atoms with van der Waals surface area (Å²) in [6, 6.07) is 18.5. The summed E-state index contributed by atoms with van der Waals surface area (Å²) in [6.07, 6.45) is 0.640. The SMILES string of the molecule is CCN1C(=O)C(=O)N(CC(=O)N(CCc2ccccc2)Cc2ccccc2)C1=O. The standard InChI is InChI=1S/C22H23N3O4/c1-2-24-20(27)21(28)25(22(24)29)16-19(26)23(15-18-11-7-4-8-12-18)14-13-17-9-5-3-6-10-17/h3-12H,2,13-16H2,1H3. The van der Waals surface area contributed by atoms with Crippen molar-refractivity contribution in [2.75, 3.05) is 19.6 Å². The molecular formula is C22H23N3O4. The molecule has 7 nitrogen and oxygen atoms in total. The molecule has 0 unspecified atom stereocenters. The first-order valence-electron chi connectivity index (χ1n) is 9.54. The van der Waals surface area contributed by atoms with Crippen LogP contribution < -0.4 is 0 Å². The quantitative estimate of drug-likeness (QED) is 0.508. The molecule has 5 amide bonds. The van der Waals surface area contributed by atoms with E-state index in [0.717, 1.165) is 20.9 Å². The zero-order valence-electron chi connectivity index (χ0n) is 16.3. The molecule has 2 aromatic rings. The fourth-order valence-electron chi connectivity index (χ4n) is 3.21. The summed E-state index contributed by atoms with van der Waals surface area (Å²) in [5, 5.41) is 0. The van der Waals surface area contributed by atoms with Gasteiger partial charge >= 0.3 is 17.8 Å². The minimum absolute atomic E-state index is 0.0931. The Morgan fingerprint density at radius 1 is 0.828 bits per heavy atom. The summed E-state index contributed by atoms with van der Waals surface area (Å²) in [5.41, 5.74) is 2.03. The Morgan fingerprint density at radius 3 is 1.93 bits per heavy atom. The minimum Gasteiger partial charge on any atom is -0.336 e. The van der Waals surface area contributed by atoms with E-state index in [9.17, 15) is 19.2 Å². The van der Waals surface area contributed by atoms with Gasteiger partial charge in [-0.25, -0.2) is 9.69 Å². The van der Waals surface area contributed by atoms with Crippen LogP contribution in [0.25, 0.3) is 0 Å². The van der Waals surface area contributed by atoms with E-state index in [1.54, 1.807) is 11.8 Å². The molecule has 0 aliphatic carbocycles. The van der Waals surface area contributed by atoms with Crippen LogP contribution in [0.5, 0.6) is 0 Å². The Morgan fingerprint density at radius 2 is 1.38 bits per heavy atom. The average Bonchev–Trinajstić information content (AvgIpc) is 2.95. The molecule has 1 fully saturated rings. The first-order valence-corrected chi connectivity index (χ1v) is 9.54. The Hall–Kier alpha value is -3.48. The fraction of sp³-hybridized carbons (Fsp3) is 0.273. The van der Waals surface area contributed by atoms with Gasteiger partial charge in [-0.1, -0.05) is 60.7 Å². The second kappa shape index (κ2) is 9.14. The van der Waals surface area contributed by atoms with E-state index < -0.39 is 24.4 Å². The van der Waals surface area contributed by atoms with E-state index in [-0.39, 0.29) is 12.5 Å². The number of carbonyl (C=O) groups is 4. The number of carbonyl (C=O) groups excluding carboxylic acids is 4. The highest BCUT2D eigenvalue weighted by atomic mass is 16.2. The van der Waals surface area contributed by atoms with Crippen molar-refractivity contribution in [2.24, 2.45) is 0 Å². The van der Waals surface area contributed by atoms with Gasteiger partial charge in [-0.3, -0.25) is 19.3 Å². The molecule has 0 spiro atoms. The Kier molecular flexibility index (Phi) is 6.39. The van der Waals surface area contributed by atoms with Gasteiger partial charge in [0.15, 0.2) is 0 Å². The van der Waals surface area contributed by atoms with Crippen LogP contribution in [0.15, 0.2) is 60.7 Å². The van der Waals surface area contributed by atoms with Crippen LogP contribution >= 0.6 is 0 Å². The zero-order valence-corrected chi connectivity index (χ0v) is 16.3. The van der Waals surface area contributed by atoms with Gasteiger partial charge in [0.05, 0.1) is 0 Å². The van der Waals surface area contributed by atoms with Crippen molar-refractivity contribution in [3.05, 3.63) is 71.8 Å². The normalized spacial score (nSPS) is 13.9. The van der Waals surface area contributed by atoms with Gasteiger partial charge in [0, 0.05) is 19.6 Å². The van der Waals surface area contributed by atoms with Gasteiger partial charge in [0.25, 0.3) is 0 Å². The molecule has 7 heteroatoms. The van der Waals surface area contributed by atoms with Crippen LogP contribution in [0.4, 0.5) is 4.79 Å². The number of imide groups is 2. The van der Waals surface area contributed by atoms with Gasteiger partial charge in [0.1, 0.15) is 6.54 Å². The fourth-order valence-corrected chi connectivity index (χ4v) is 3.21. The van der Waals surface area contributed by atoms with Gasteiger partial charge in [-0.05, 0) is 24.5 Å². The number of likely N-dealkylation sites (N-methyl/N-ethyl adjacent to an activating group) is 1. The summed E-state index contributed by atoms with van der Waals surface area (Å²) < 4.78 is 0. The molecule has 29 heavy (non-hydrogen) atoms. The van der Waals surface area contributed by atoms with E-state index in [0.29, 0.717) is 19.5 Å². The Labute approximate surface area is 169 Å². The van der Waals surface area contributed by atoms with Crippen LogP contribution in [0, 0.1) is 0 Å². The molecule has 1 saturated heterocycles. The second-order valence-corrected chi connectivity index (χ2v) is 6.76. The molecule has 150 valence electrons. The van der Waals surface area contributed by atoms with Crippen LogP contribution in [-0.4, -0.2) is 58.1 Å². The maximum Gasteiger partial charge on any atom is 0.334 e. The number of benzene rings is 2. The minimum atomic E-state index is -0.951. The van der Waals surface area contributed by atoms with Crippen molar-refractivity contribution >= 4 is 23.8 Å². The summed E-state index contributed by atoms with van der Waals surface area (Å²) in [7, 11) is 0. The molecule has 1 aliphatic rings. The van der Waals surface area contributed by atoms with Crippen molar-refractivity contribution in [3.63, 3.8) is 0 Å². The predicted molar refractivity (Wildman–Crippen MR) is 107 cm³/mol. The number of urea groups is 1. The van der Waals surface area contributed by atoms with Crippen molar-refractivity contribution in [1.82, 2.24) is 14.7 Å². The lowest BCUT2D eigenvalue weighted by atomic mass is 10.1. The maximum absolute atomic E-state index is 13.0. The molecule has 0 bridgehead atoms. The lowest BCUT2D eigenvalue weighted by molar-refractivity contribution is -0.145. The molecule has 0 radical (unpaired) electrons. The number of hydrogen-bond acceptors (Lipinski definition) is 4. The highest BCUT2D eigenvalue weighted by Gasteiger charge is 2.44. The first-order chi connectivity index (χ1) is 14.0. The highest BCUT2D eigenvalue weighted by molar-refractivity contribution is 6.45. The summed E-state index contributed by atoms with van der Waals surface area (Å²) >= 11 is 0. The average molecular weight is 393 g/mol. The Bertz CT molecular complexity index is 899. The number of amides is 5. The maximum atomic E-state index is 13.0. The van der Waals surface area contributed by atoms with Gasteiger partial charge in [-0.15, -0.1) is 0 Å². The van der Waals surface area contributed by atoms with Crippen LogP contribution in [0.1, 0.15) is 18.1 Å². The Balaban J connectivity index is 1.73. The highest BCUT2D eigenvalue weighted by Crippen LogP contribution is 2.14. The van der Waals surface area contributed by atoms with E-state index in [1.807, 2.05) is 60.7 Å². The molecule has 0 saturated carbocycles. The molecule has 1 heterocycles. The molecule has 0 atom stereocenters. The predicted octanol–water partition coefficient (Wildman–Crippen LogP) is 2.07. The first kappa shape index (κ1) is 20.3. The third kappa shape index (κ3) is 4.68.